The molecule has 3 N–H and O–H groups in total. The lowest BCUT2D eigenvalue weighted by Gasteiger charge is -1.82. The Hall–Kier alpha value is 0.240. The Morgan fingerprint density at radius 2 is 1.00 bits per heavy atom. The van der Waals surface area contributed by atoms with E-state index < -0.39 is 7.82 Å². The summed E-state index contributed by atoms with van der Waals surface area (Å²) in [6.45, 7) is 0. The van der Waals surface area contributed by atoms with E-state index in [4.69, 9.17) is 19.2 Å². The first kappa shape index (κ1) is 15.7. The highest BCUT2D eigenvalue weighted by Crippen LogP contribution is 2.25. The molecule has 0 aromatic rings. The summed E-state index contributed by atoms with van der Waals surface area (Å²) in [4.78, 5) is 21.6. The van der Waals surface area contributed by atoms with Crippen LogP contribution in [0.5, 0.6) is 0 Å². The number of phosphoric acid groups is 1. The molecule has 0 unspecified atom stereocenters. The maximum atomic E-state index is 8.88. The van der Waals surface area contributed by atoms with Crippen molar-refractivity contribution in [3.63, 3.8) is 0 Å². The topological polar surface area (TPSA) is 77.8 Å². The van der Waals surface area contributed by atoms with Crippen LogP contribution < -0.4 is 0 Å². The van der Waals surface area contributed by atoms with Gasteiger partial charge in [0.2, 0.25) is 0 Å². The zero-order valence-electron chi connectivity index (χ0n) is 3.35. The zero-order chi connectivity index (χ0) is 4.50. The van der Waals surface area contributed by atoms with E-state index in [1.165, 1.54) is 0 Å². The molecule has 0 aromatic carbocycles. The summed E-state index contributed by atoms with van der Waals surface area (Å²) in [5.41, 5.74) is 0. The van der Waals surface area contributed by atoms with Crippen molar-refractivity contribution in [2.75, 3.05) is 0 Å². The fourth-order valence-corrected chi connectivity index (χ4v) is 0. The van der Waals surface area contributed by atoms with Gasteiger partial charge < -0.3 is 14.7 Å². The van der Waals surface area contributed by atoms with E-state index in [2.05, 4.69) is 0 Å². The van der Waals surface area contributed by atoms with Crippen molar-refractivity contribution >= 4 is 24.6 Å². The Morgan fingerprint density at radius 3 is 1.00 bits per heavy atom. The second-order valence-electron chi connectivity index (χ2n) is 0.513. The van der Waals surface area contributed by atoms with Gasteiger partial charge in [0.05, 0.1) is 0 Å². The molecule has 0 atom stereocenters. The van der Waals surface area contributed by atoms with Gasteiger partial charge in [-0.15, -0.1) is 0 Å². The third-order valence-electron chi connectivity index (χ3n) is 0. The molecular formula is H3B2O4P. The highest BCUT2D eigenvalue weighted by atomic mass is 31.2. The second-order valence-corrected chi connectivity index (χ2v) is 1.54. The van der Waals surface area contributed by atoms with Crippen molar-refractivity contribution in [3.05, 3.63) is 0 Å². The van der Waals surface area contributed by atoms with E-state index in [9.17, 15) is 0 Å². The molecule has 4 nitrogen and oxygen atoms in total. The smallest absolute Gasteiger partial charge is 0.303 e. The molecule has 0 amide bonds. The molecule has 0 saturated carbocycles. The molecule has 0 spiro atoms. The minimum Gasteiger partial charge on any atom is -0.303 e. The summed E-state index contributed by atoms with van der Waals surface area (Å²) < 4.78 is 8.88. The van der Waals surface area contributed by atoms with E-state index in [-0.39, 0.29) is 16.8 Å². The van der Waals surface area contributed by atoms with Gasteiger partial charge in [-0.05, 0) is 0 Å². The molecule has 0 heterocycles. The lowest BCUT2D eigenvalue weighted by atomic mass is 10.8. The predicted octanol–water partition coefficient (Wildman–Crippen LogP) is -1.69. The Balaban J connectivity index is -0.0000000800. The molecule has 0 aromatic heterocycles. The molecule has 6 radical (unpaired) electrons. The summed E-state index contributed by atoms with van der Waals surface area (Å²) in [6, 6.07) is 0. The predicted molar refractivity (Wildman–Crippen MR) is 25.8 cm³/mol. The van der Waals surface area contributed by atoms with E-state index >= 15 is 0 Å². The van der Waals surface area contributed by atoms with Crippen LogP contribution >= 0.6 is 7.82 Å². The minimum absolute atomic E-state index is 0. The summed E-state index contributed by atoms with van der Waals surface area (Å²) in [5.74, 6) is 0. The molecule has 0 aliphatic heterocycles. The maximum absolute atomic E-state index is 8.88. The van der Waals surface area contributed by atoms with Gasteiger partial charge in [0.1, 0.15) is 0 Å². The van der Waals surface area contributed by atoms with Gasteiger partial charge in [0, 0.05) is 16.8 Å². The van der Waals surface area contributed by atoms with Crippen LogP contribution in [0.25, 0.3) is 0 Å². The van der Waals surface area contributed by atoms with Crippen molar-refractivity contribution in [2.45, 2.75) is 0 Å². The minimum atomic E-state index is -4.64. The third-order valence-corrected chi connectivity index (χ3v) is 0. The molecule has 0 fully saturated rings. The largest absolute Gasteiger partial charge is 0.466 e. The second kappa shape index (κ2) is 4.40. The van der Waals surface area contributed by atoms with Crippen LogP contribution in [0.4, 0.5) is 0 Å². The van der Waals surface area contributed by atoms with Gasteiger partial charge in [-0.25, -0.2) is 4.57 Å². The molecule has 0 aliphatic rings. The zero-order valence-corrected chi connectivity index (χ0v) is 4.25. The van der Waals surface area contributed by atoms with Crippen molar-refractivity contribution in [3.8, 4) is 0 Å². The quantitative estimate of drug-likeness (QED) is 0.263. The highest BCUT2D eigenvalue weighted by molar-refractivity contribution is 7.45. The summed E-state index contributed by atoms with van der Waals surface area (Å²) in [6.07, 6.45) is 0. The summed E-state index contributed by atoms with van der Waals surface area (Å²) >= 11 is 0. The van der Waals surface area contributed by atoms with Gasteiger partial charge in [0.25, 0.3) is 0 Å². The third kappa shape index (κ3) is 1950. The first-order chi connectivity index (χ1) is 2.00. The van der Waals surface area contributed by atoms with Crippen LogP contribution in [0.1, 0.15) is 0 Å². The van der Waals surface area contributed by atoms with Crippen LogP contribution in [0.15, 0.2) is 0 Å². The first-order valence-electron chi connectivity index (χ1n) is 0.783. The van der Waals surface area contributed by atoms with Crippen LogP contribution in [-0.2, 0) is 4.57 Å². The van der Waals surface area contributed by atoms with Gasteiger partial charge in [-0.3, -0.25) is 0 Å². The maximum Gasteiger partial charge on any atom is 0.466 e. The van der Waals surface area contributed by atoms with E-state index in [0.717, 1.165) is 0 Å². The van der Waals surface area contributed by atoms with Crippen molar-refractivity contribution in [2.24, 2.45) is 0 Å². The van der Waals surface area contributed by atoms with Gasteiger partial charge in [0.15, 0.2) is 0 Å². The highest BCUT2D eigenvalue weighted by Gasteiger charge is 2.00. The monoisotopic (exact) mass is 120 g/mol. The fraction of sp³-hybridized carbons (Fsp3) is 0. The summed E-state index contributed by atoms with van der Waals surface area (Å²) in [7, 11) is -4.64. The average molecular weight is 120 g/mol. The molecule has 7 heteroatoms. The summed E-state index contributed by atoms with van der Waals surface area (Å²) in [5, 5.41) is 0. The molecule has 0 bridgehead atoms. The van der Waals surface area contributed by atoms with E-state index in [1.807, 2.05) is 0 Å². The normalized spacial score (nSPS) is 8.43. The van der Waals surface area contributed by atoms with E-state index in [0.29, 0.717) is 0 Å². The Bertz CT molecular complexity index is 55.8. The SMILES string of the molecule is O=P(O)(O)O.[B].[B]. The van der Waals surface area contributed by atoms with Crippen molar-refractivity contribution in [1.29, 1.82) is 0 Å². The first-order valence-corrected chi connectivity index (χ1v) is 2.35. The number of hydrogen-bond donors (Lipinski definition) is 3. The Morgan fingerprint density at radius 1 is 1.00 bits per heavy atom. The van der Waals surface area contributed by atoms with Gasteiger partial charge >= 0.3 is 7.82 Å². The van der Waals surface area contributed by atoms with Crippen molar-refractivity contribution in [1.82, 2.24) is 0 Å². The van der Waals surface area contributed by atoms with Gasteiger partial charge in [-0.1, -0.05) is 0 Å². The van der Waals surface area contributed by atoms with Crippen LogP contribution in [-0.4, -0.2) is 31.5 Å². The van der Waals surface area contributed by atoms with Crippen molar-refractivity contribution < 1.29 is 19.2 Å². The van der Waals surface area contributed by atoms with Gasteiger partial charge in [-0.2, -0.15) is 0 Å². The average Bonchev–Trinajstić information content (AvgIpc) is 0.722. The lowest BCUT2D eigenvalue weighted by molar-refractivity contribution is 0.275. The molecule has 0 aliphatic carbocycles. The molecular weight excluding hydrogens is 117 g/mol. The number of rotatable bonds is 0. The van der Waals surface area contributed by atoms with Crippen LogP contribution in [0.3, 0.4) is 0 Å². The Kier molecular flexibility index (Phi) is 9.86. The lowest BCUT2D eigenvalue weighted by Crippen LogP contribution is -1.66. The fourth-order valence-electron chi connectivity index (χ4n) is 0. The molecule has 38 valence electrons. The standard InChI is InChI=1S/2B.H3O4P/c;;1-5(2,3)4/h;;(H3,1,2,3,4). The molecule has 0 saturated heterocycles. The van der Waals surface area contributed by atoms with Crippen LogP contribution in [0.2, 0.25) is 0 Å². The van der Waals surface area contributed by atoms with E-state index in [1.54, 1.807) is 0 Å². The Labute approximate surface area is 45.0 Å². The molecule has 7 heavy (non-hydrogen) atoms. The number of hydrogen-bond acceptors (Lipinski definition) is 1. The van der Waals surface area contributed by atoms with Crippen LogP contribution in [0, 0.1) is 0 Å². The molecule has 0 rings (SSSR count).